The van der Waals surface area contributed by atoms with Crippen LogP contribution in [0.25, 0.3) is 0 Å². The van der Waals surface area contributed by atoms with Gasteiger partial charge < -0.3 is 5.11 Å². The molecule has 0 aliphatic heterocycles. The van der Waals surface area contributed by atoms with Crippen LogP contribution in [0.15, 0.2) is 23.3 Å². The van der Waals surface area contributed by atoms with E-state index in [2.05, 4.69) is 0 Å². The minimum absolute atomic E-state index is 0.0994. The lowest BCUT2D eigenvalue weighted by molar-refractivity contribution is -0.104. The Hall–Kier alpha value is -0.890. The van der Waals surface area contributed by atoms with Gasteiger partial charge in [0.1, 0.15) is 6.29 Å². The van der Waals surface area contributed by atoms with Crippen LogP contribution in [0.4, 0.5) is 0 Å². The zero-order valence-electron chi connectivity index (χ0n) is 7.71. The first-order valence-corrected chi connectivity index (χ1v) is 4.09. The minimum atomic E-state index is 0.0994. The van der Waals surface area contributed by atoms with Crippen molar-refractivity contribution in [3.05, 3.63) is 23.3 Å². The van der Waals surface area contributed by atoms with Gasteiger partial charge in [0, 0.05) is 0 Å². The Labute approximate surface area is 73.6 Å². The lowest BCUT2D eigenvalue weighted by Crippen LogP contribution is -1.82. The molecule has 0 aliphatic carbocycles. The van der Waals surface area contributed by atoms with E-state index in [0.717, 1.165) is 30.3 Å². The van der Waals surface area contributed by atoms with Crippen molar-refractivity contribution >= 4 is 6.29 Å². The molecule has 0 aromatic rings. The summed E-state index contributed by atoms with van der Waals surface area (Å²) in [6.45, 7) is 3.86. The van der Waals surface area contributed by atoms with Gasteiger partial charge in [-0.1, -0.05) is 17.7 Å². The normalized spacial score (nSPS) is 13.2. The molecule has 0 fully saturated rings. The predicted octanol–water partition coefficient (Wildman–Crippen LogP) is 1.85. The molecular formula is C10H16O2. The maximum Gasteiger partial charge on any atom is 0.145 e. The molecule has 1 N–H and O–H groups in total. The first kappa shape index (κ1) is 11.1. The summed E-state index contributed by atoms with van der Waals surface area (Å²) in [5.74, 6) is 0. The summed E-state index contributed by atoms with van der Waals surface area (Å²) in [7, 11) is 0. The van der Waals surface area contributed by atoms with Crippen molar-refractivity contribution in [1.82, 2.24) is 0 Å². The fourth-order valence-corrected chi connectivity index (χ4v) is 0.834. The molecule has 0 rings (SSSR count). The molecule has 12 heavy (non-hydrogen) atoms. The third-order valence-corrected chi connectivity index (χ3v) is 1.63. The first-order chi connectivity index (χ1) is 5.70. The Balaban J connectivity index is 3.69. The third-order valence-electron chi connectivity index (χ3n) is 1.63. The van der Waals surface area contributed by atoms with E-state index in [4.69, 9.17) is 5.11 Å². The number of hydrogen-bond donors (Lipinski definition) is 1. The second kappa shape index (κ2) is 6.80. The second-order valence-electron chi connectivity index (χ2n) is 2.84. The molecule has 2 heteroatoms. The van der Waals surface area contributed by atoms with E-state index >= 15 is 0 Å². The van der Waals surface area contributed by atoms with Crippen molar-refractivity contribution in [1.29, 1.82) is 0 Å². The van der Waals surface area contributed by atoms with Gasteiger partial charge in [-0.2, -0.15) is 0 Å². The number of carbonyl (C=O) groups excluding carboxylic acids is 1. The lowest BCUT2D eigenvalue weighted by atomic mass is 10.1. The van der Waals surface area contributed by atoms with Crippen molar-refractivity contribution in [2.45, 2.75) is 26.7 Å². The molecule has 0 heterocycles. The Kier molecular flexibility index (Phi) is 6.29. The van der Waals surface area contributed by atoms with Crippen molar-refractivity contribution in [3.63, 3.8) is 0 Å². The highest BCUT2D eigenvalue weighted by Crippen LogP contribution is 2.05. The van der Waals surface area contributed by atoms with Gasteiger partial charge in [0.15, 0.2) is 0 Å². The maximum absolute atomic E-state index is 10.2. The molecule has 0 aromatic heterocycles. The van der Waals surface area contributed by atoms with Crippen molar-refractivity contribution < 1.29 is 9.90 Å². The third kappa shape index (κ3) is 5.86. The Bertz CT molecular complexity index is 190. The smallest absolute Gasteiger partial charge is 0.145 e. The monoisotopic (exact) mass is 168 g/mol. The average Bonchev–Trinajstić information content (AvgIpc) is 2.04. The molecule has 0 radical (unpaired) electrons. The highest BCUT2D eigenvalue weighted by atomic mass is 16.2. The molecule has 0 saturated carbocycles. The van der Waals surface area contributed by atoms with E-state index in [1.165, 1.54) is 0 Å². The zero-order chi connectivity index (χ0) is 9.40. The number of carbonyl (C=O) groups is 1. The topological polar surface area (TPSA) is 37.3 Å². The fourth-order valence-electron chi connectivity index (χ4n) is 0.834. The standard InChI is InChI=1S/C10H16O2/c1-9(6-7-11)4-3-5-10(2)8-12/h5-6,8,11H,3-4,7H2,1-2H3/b9-6+,10-5+. The van der Waals surface area contributed by atoms with Crippen LogP contribution in [0, 0.1) is 0 Å². The number of rotatable bonds is 5. The summed E-state index contributed by atoms with van der Waals surface area (Å²) in [5, 5.41) is 8.54. The zero-order valence-corrected chi connectivity index (χ0v) is 7.71. The predicted molar refractivity (Wildman–Crippen MR) is 49.9 cm³/mol. The number of aldehydes is 1. The minimum Gasteiger partial charge on any atom is -0.392 e. The van der Waals surface area contributed by atoms with E-state index in [1.807, 2.05) is 13.0 Å². The van der Waals surface area contributed by atoms with Gasteiger partial charge in [0.05, 0.1) is 6.61 Å². The highest BCUT2D eigenvalue weighted by molar-refractivity contribution is 5.71. The largest absolute Gasteiger partial charge is 0.392 e. The van der Waals surface area contributed by atoms with Crippen LogP contribution in [0.3, 0.4) is 0 Å². The molecule has 0 aromatic carbocycles. The second-order valence-corrected chi connectivity index (χ2v) is 2.84. The van der Waals surface area contributed by atoms with Gasteiger partial charge in [-0.25, -0.2) is 0 Å². The van der Waals surface area contributed by atoms with E-state index in [0.29, 0.717) is 0 Å². The van der Waals surface area contributed by atoms with Crippen molar-refractivity contribution in [2.75, 3.05) is 6.61 Å². The molecule has 2 nitrogen and oxygen atoms in total. The number of aliphatic hydroxyl groups excluding tert-OH is 1. The quantitative estimate of drug-likeness (QED) is 0.386. The Morgan fingerprint density at radius 1 is 1.33 bits per heavy atom. The molecule has 0 atom stereocenters. The summed E-state index contributed by atoms with van der Waals surface area (Å²) < 4.78 is 0. The fraction of sp³-hybridized carbons (Fsp3) is 0.500. The van der Waals surface area contributed by atoms with E-state index < -0.39 is 0 Å². The molecule has 68 valence electrons. The molecular weight excluding hydrogens is 152 g/mol. The molecule has 0 spiro atoms. The molecule has 0 saturated heterocycles. The summed E-state index contributed by atoms with van der Waals surface area (Å²) in [6.07, 6.45) is 6.32. The van der Waals surface area contributed by atoms with Crippen LogP contribution in [-0.2, 0) is 4.79 Å². The Morgan fingerprint density at radius 2 is 2.00 bits per heavy atom. The summed E-state index contributed by atoms with van der Waals surface area (Å²) in [6, 6.07) is 0. The van der Waals surface area contributed by atoms with Crippen molar-refractivity contribution in [2.24, 2.45) is 0 Å². The average molecular weight is 168 g/mol. The molecule has 0 aliphatic rings. The van der Waals surface area contributed by atoms with Gasteiger partial charge in [-0.15, -0.1) is 0 Å². The van der Waals surface area contributed by atoms with Crippen LogP contribution in [0.5, 0.6) is 0 Å². The lowest BCUT2D eigenvalue weighted by Gasteiger charge is -1.96. The van der Waals surface area contributed by atoms with Gasteiger partial charge in [0.25, 0.3) is 0 Å². The maximum atomic E-state index is 10.2. The van der Waals surface area contributed by atoms with Gasteiger partial charge in [-0.05, 0) is 32.3 Å². The van der Waals surface area contributed by atoms with Crippen LogP contribution < -0.4 is 0 Å². The Morgan fingerprint density at radius 3 is 2.50 bits per heavy atom. The molecule has 0 unspecified atom stereocenters. The van der Waals surface area contributed by atoms with Crippen LogP contribution >= 0.6 is 0 Å². The molecule has 0 amide bonds. The van der Waals surface area contributed by atoms with Gasteiger partial charge >= 0.3 is 0 Å². The molecule has 0 bridgehead atoms. The van der Waals surface area contributed by atoms with Gasteiger partial charge in [0.2, 0.25) is 0 Å². The number of hydrogen-bond acceptors (Lipinski definition) is 2. The van der Waals surface area contributed by atoms with Crippen LogP contribution in [0.1, 0.15) is 26.7 Å². The van der Waals surface area contributed by atoms with Gasteiger partial charge in [-0.3, -0.25) is 4.79 Å². The highest BCUT2D eigenvalue weighted by Gasteiger charge is 1.88. The summed E-state index contributed by atoms with van der Waals surface area (Å²) in [5.41, 5.74) is 1.93. The summed E-state index contributed by atoms with van der Waals surface area (Å²) >= 11 is 0. The van der Waals surface area contributed by atoms with E-state index in [1.54, 1.807) is 13.0 Å². The van der Waals surface area contributed by atoms with Crippen molar-refractivity contribution in [3.8, 4) is 0 Å². The number of aliphatic hydroxyl groups is 1. The number of allylic oxidation sites excluding steroid dienone is 3. The first-order valence-electron chi connectivity index (χ1n) is 4.09. The van der Waals surface area contributed by atoms with Crippen LogP contribution in [0.2, 0.25) is 0 Å². The summed E-state index contributed by atoms with van der Waals surface area (Å²) in [4.78, 5) is 10.2. The SMILES string of the molecule is C/C(C=O)=C\CC/C(C)=C/CO. The van der Waals surface area contributed by atoms with E-state index in [9.17, 15) is 4.79 Å². The van der Waals surface area contributed by atoms with E-state index in [-0.39, 0.29) is 6.61 Å². The van der Waals surface area contributed by atoms with Crippen LogP contribution in [-0.4, -0.2) is 18.0 Å².